The van der Waals surface area contributed by atoms with Crippen LogP contribution in [0.15, 0.2) is 69.2 Å². The topological polar surface area (TPSA) is 186 Å². The summed E-state index contributed by atoms with van der Waals surface area (Å²) in [6.45, 7) is 1.58. The highest BCUT2D eigenvalue weighted by molar-refractivity contribution is 7.86. The van der Waals surface area contributed by atoms with Gasteiger partial charge in [0, 0.05) is 23.6 Å². The molecule has 0 bridgehead atoms. The first-order chi connectivity index (χ1) is 18.8. The van der Waals surface area contributed by atoms with Crippen LogP contribution in [-0.2, 0) is 32.0 Å². The molecule has 0 atom stereocenters. The second-order valence-corrected chi connectivity index (χ2v) is 11.6. The van der Waals surface area contributed by atoms with Gasteiger partial charge in [-0.25, -0.2) is 4.79 Å². The molecule has 3 aromatic carbocycles. The monoisotopic (exact) mass is 584 g/mol. The van der Waals surface area contributed by atoms with Crippen LogP contribution >= 0.6 is 0 Å². The lowest BCUT2D eigenvalue weighted by atomic mass is 9.81. The van der Waals surface area contributed by atoms with Crippen molar-refractivity contribution in [1.82, 2.24) is 4.57 Å². The number of pyridine rings is 1. The average Bonchev–Trinajstić information content (AvgIpc) is 2.88. The Morgan fingerprint density at radius 1 is 0.900 bits per heavy atom. The first-order valence-electron chi connectivity index (χ1n) is 11.6. The van der Waals surface area contributed by atoms with Gasteiger partial charge in [0.25, 0.3) is 25.8 Å². The molecular formula is C26H20N2O10S2. The molecule has 0 saturated carbocycles. The van der Waals surface area contributed by atoms with Gasteiger partial charge in [0.05, 0.1) is 34.0 Å². The molecule has 5 rings (SSSR count). The fraction of sp³-hybridized carbons (Fsp3) is 0.115. The molecule has 3 N–H and O–H groups in total. The number of aromatic nitrogens is 1. The van der Waals surface area contributed by atoms with Crippen LogP contribution in [0.5, 0.6) is 0 Å². The van der Waals surface area contributed by atoms with Crippen molar-refractivity contribution in [3.8, 4) is 11.1 Å². The molecule has 1 aliphatic carbocycles. The third-order valence-electron chi connectivity index (χ3n) is 6.51. The molecule has 1 aliphatic rings. The lowest BCUT2D eigenvalue weighted by molar-refractivity contribution is 0.0524. The molecule has 12 nitrogen and oxygen atoms in total. The highest BCUT2D eigenvalue weighted by atomic mass is 32.2. The average molecular weight is 585 g/mol. The van der Waals surface area contributed by atoms with E-state index in [0.29, 0.717) is 17.1 Å². The second kappa shape index (κ2) is 9.38. The maximum Gasteiger partial charge on any atom is 0.344 e. The quantitative estimate of drug-likeness (QED) is 0.197. The molecule has 0 fully saturated rings. The molecule has 1 aromatic heterocycles. The number of aryl methyl sites for hydroxylation is 1. The van der Waals surface area contributed by atoms with Crippen molar-refractivity contribution in [2.45, 2.75) is 16.7 Å². The molecule has 0 aliphatic heterocycles. The summed E-state index contributed by atoms with van der Waals surface area (Å²) >= 11 is 0. The number of carbonyl (C=O) groups excluding carboxylic acids is 2. The van der Waals surface area contributed by atoms with Gasteiger partial charge in [-0.3, -0.25) is 18.7 Å². The molecule has 0 unspecified atom stereocenters. The Morgan fingerprint density at radius 2 is 1.55 bits per heavy atom. The van der Waals surface area contributed by atoms with Crippen molar-refractivity contribution in [3.05, 3.63) is 81.6 Å². The third-order valence-corrected chi connectivity index (χ3v) is 8.25. The number of hydrogen-bond donors (Lipinski definition) is 3. The highest BCUT2D eigenvalue weighted by Crippen LogP contribution is 2.44. The number of fused-ring (bicyclic) bond motifs is 2. The fourth-order valence-corrected chi connectivity index (χ4v) is 6.05. The van der Waals surface area contributed by atoms with Crippen molar-refractivity contribution >= 4 is 54.3 Å². The molecule has 0 radical (unpaired) electrons. The smallest absolute Gasteiger partial charge is 0.344 e. The summed E-state index contributed by atoms with van der Waals surface area (Å²) in [5, 5.41) is 2.98. The molecule has 206 valence electrons. The second-order valence-electron chi connectivity index (χ2n) is 8.82. The summed E-state index contributed by atoms with van der Waals surface area (Å²) in [5.74, 6) is -1.39. The third kappa shape index (κ3) is 4.26. The van der Waals surface area contributed by atoms with Crippen molar-refractivity contribution in [1.29, 1.82) is 0 Å². The fourth-order valence-electron chi connectivity index (χ4n) is 4.79. The number of ketones is 1. The van der Waals surface area contributed by atoms with Gasteiger partial charge in [0.15, 0.2) is 5.78 Å². The van der Waals surface area contributed by atoms with Crippen molar-refractivity contribution in [2.75, 3.05) is 11.9 Å². The van der Waals surface area contributed by atoms with E-state index < -0.39 is 47.3 Å². The Hall–Kier alpha value is -4.37. The van der Waals surface area contributed by atoms with Gasteiger partial charge in [-0.15, -0.1) is 0 Å². The molecule has 0 amide bonds. The van der Waals surface area contributed by atoms with Crippen LogP contribution in [0.2, 0.25) is 0 Å². The van der Waals surface area contributed by atoms with Crippen molar-refractivity contribution in [2.24, 2.45) is 7.05 Å². The lowest BCUT2D eigenvalue weighted by Crippen LogP contribution is -2.29. The minimum atomic E-state index is -5.02. The number of carbonyl (C=O) groups is 2. The van der Waals surface area contributed by atoms with E-state index in [4.69, 9.17) is 4.74 Å². The molecule has 0 saturated heterocycles. The maximum absolute atomic E-state index is 13.9. The van der Waals surface area contributed by atoms with Gasteiger partial charge in [-0.05, 0) is 42.8 Å². The Bertz CT molecular complexity index is 2060. The number of ether oxygens (including phenoxy) is 1. The van der Waals surface area contributed by atoms with Crippen LogP contribution in [0.3, 0.4) is 0 Å². The molecule has 40 heavy (non-hydrogen) atoms. The standard InChI is InChI=1S/C26H20N2O10S2/c1-3-38-26(31)23-20-14-6-4-5-7-15(14)24(29)21-17(10-11-18(22(20)21)28(2)25(23)30)27-16-9-8-13(39(32,33)34)12-19(16)40(35,36)37/h4-12,27H,3H2,1-2H3,(H,32,33,34)(H,35,36,37). The predicted molar refractivity (Wildman–Crippen MR) is 143 cm³/mol. The van der Waals surface area contributed by atoms with Crippen LogP contribution in [0.25, 0.3) is 22.0 Å². The van der Waals surface area contributed by atoms with Crippen LogP contribution in [0.1, 0.15) is 33.2 Å². The number of esters is 1. The molecule has 0 spiro atoms. The number of nitrogens with one attached hydrogen (secondary N) is 1. The normalized spacial score (nSPS) is 12.8. The zero-order chi connectivity index (χ0) is 29.1. The Balaban J connectivity index is 1.87. The van der Waals surface area contributed by atoms with E-state index in [1.54, 1.807) is 25.1 Å². The van der Waals surface area contributed by atoms with Crippen molar-refractivity contribution in [3.63, 3.8) is 0 Å². The number of hydrogen-bond acceptors (Lipinski definition) is 9. The summed E-state index contributed by atoms with van der Waals surface area (Å²) < 4.78 is 72.9. The predicted octanol–water partition coefficient (Wildman–Crippen LogP) is 3.16. The first kappa shape index (κ1) is 27.2. The number of anilines is 2. The van der Waals surface area contributed by atoms with Crippen LogP contribution in [0, 0.1) is 0 Å². The summed E-state index contributed by atoms with van der Waals surface area (Å²) in [4.78, 5) is 38.5. The van der Waals surface area contributed by atoms with Gasteiger partial charge < -0.3 is 14.6 Å². The first-order valence-corrected chi connectivity index (χ1v) is 14.5. The largest absolute Gasteiger partial charge is 0.462 e. The number of nitrogens with zero attached hydrogens (tertiary/aromatic N) is 1. The summed E-state index contributed by atoms with van der Waals surface area (Å²) in [7, 11) is -8.41. The summed E-state index contributed by atoms with van der Waals surface area (Å²) in [6, 6.07) is 11.7. The maximum atomic E-state index is 13.9. The van der Waals surface area contributed by atoms with Gasteiger partial charge in [-0.1, -0.05) is 24.3 Å². The van der Waals surface area contributed by atoms with Crippen LogP contribution < -0.4 is 10.9 Å². The zero-order valence-electron chi connectivity index (χ0n) is 20.8. The van der Waals surface area contributed by atoms with E-state index >= 15 is 0 Å². The molecule has 4 aromatic rings. The Kier molecular flexibility index (Phi) is 6.38. The van der Waals surface area contributed by atoms with E-state index in [2.05, 4.69) is 5.32 Å². The van der Waals surface area contributed by atoms with Gasteiger partial charge in [0.1, 0.15) is 10.5 Å². The zero-order valence-corrected chi connectivity index (χ0v) is 22.5. The Labute approximate surface area is 227 Å². The Morgan fingerprint density at radius 3 is 2.17 bits per heavy atom. The number of benzene rings is 3. The SMILES string of the molecule is CCOC(=O)c1c2c3c(c(Nc4ccc(S(=O)(=O)O)cc4S(=O)(=O)O)ccc3n(C)c1=O)C(=O)c1ccccc1-2. The summed E-state index contributed by atoms with van der Waals surface area (Å²) in [5.41, 5.74) is -0.249. The number of rotatable bonds is 6. The van der Waals surface area contributed by atoms with Crippen molar-refractivity contribution < 1.29 is 40.3 Å². The molecular weight excluding hydrogens is 564 g/mol. The lowest BCUT2D eigenvalue weighted by Gasteiger charge is -2.25. The van der Waals surface area contributed by atoms with Crippen LogP contribution in [-0.4, -0.2) is 48.9 Å². The van der Waals surface area contributed by atoms with E-state index in [9.17, 15) is 40.3 Å². The minimum absolute atomic E-state index is 0.00695. The van der Waals surface area contributed by atoms with Crippen LogP contribution in [0.4, 0.5) is 11.4 Å². The highest BCUT2D eigenvalue weighted by Gasteiger charge is 2.34. The minimum Gasteiger partial charge on any atom is -0.462 e. The van der Waals surface area contributed by atoms with Gasteiger partial charge in [-0.2, -0.15) is 16.8 Å². The van der Waals surface area contributed by atoms with E-state index in [1.165, 1.54) is 29.8 Å². The summed E-state index contributed by atoms with van der Waals surface area (Å²) in [6.07, 6.45) is 0. The molecule has 1 heterocycles. The van der Waals surface area contributed by atoms with Gasteiger partial charge in [0.2, 0.25) is 0 Å². The van der Waals surface area contributed by atoms with E-state index in [0.717, 1.165) is 12.1 Å². The van der Waals surface area contributed by atoms with E-state index in [1.807, 2.05) is 0 Å². The van der Waals surface area contributed by atoms with E-state index in [-0.39, 0.29) is 45.6 Å². The van der Waals surface area contributed by atoms with Gasteiger partial charge >= 0.3 is 5.97 Å². The molecule has 14 heteroatoms.